The molecule has 3 rings (SSSR count). The molecule has 11 heteroatoms. The Morgan fingerprint density at radius 2 is 2.03 bits per heavy atom. The highest BCUT2D eigenvalue weighted by molar-refractivity contribution is 6.36. The van der Waals surface area contributed by atoms with Crippen molar-refractivity contribution in [2.24, 2.45) is 0 Å². The number of alkyl halides is 3. The summed E-state index contributed by atoms with van der Waals surface area (Å²) >= 11 is 6.25. The van der Waals surface area contributed by atoms with Crippen LogP contribution in [0.2, 0.25) is 5.02 Å². The number of hydrogen-bond acceptors (Lipinski definition) is 5. The maximum absolute atomic E-state index is 13.8. The second-order valence-electron chi connectivity index (χ2n) is 7.07. The molecule has 0 unspecified atom stereocenters. The van der Waals surface area contributed by atoms with Gasteiger partial charge in [-0.2, -0.15) is 18.3 Å². The van der Waals surface area contributed by atoms with Gasteiger partial charge in [-0.05, 0) is 45.3 Å². The van der Waals surface area contributed by atoms with E-state index >= 15 is 0 Å². The van der Waals surface area contributed by atoms with E-state index in [4.69, 9.17) is 16.3 Å². The summed E-state index contributed by atoms with van der Waals surface area (Å²) in [5.74, 6) is -0.199. The van der Waals surface area contributed by atoms with Gasteiger partial charge in [-0.3, -0.25) is 4.79 Å². The van der Waals surface area contributed by atoms with Crippen molar-refractivity contribution in [1.29, 1.82) is 0 Å². The van der Waals surface area contributed by atoms with Gasteiger partial charge in [-0.25, -0.2) is 9.50 Å². The maximum Gasteiger partial charge on any atom is 0.433 e. The monoisotopic (exact) mass is 455 g/mol. The van der Waals surface area contributed by atoms with Crippen molar-refractivity contribution < 1.29 is 22.7 Å². The Labute approximate surface area is 181 Å². The number of amides is 1. The Balaban J connectivity index is 2.05. The molecule has 1 aromatic carbocycles. The predicted octanol–water partition coefficient (Wildman–Crippen LogP) is 3.76. The molecule has 0 spiro atoms. The van der Waals surface area contributed by atoms with Gasteiger partial charge in [0.2, 0.25) is 0 Å². The van der Waals surface area contributed by atoms with Crippen LogP contribution >= 0.6 is 11.6 Å². The van der Waals surface area contributed by atoms with Crippen LogP contribution in [0.4, 0.5) is 13.2 Å². The molecule has 2 heterocycles. The van der Waals surface area contributed by atoms with E-state index in [1.165, 1.54) is 7.11 Å². The molecule has 3 aromatic rings. The molecular weight excluding hydrogens is 435 g/mol. The highest BCUT2D eigenvalue weighted by Crippen LogP contribution is 2.35. The summed E-state index contributed by atoms with van der Waals surface area (Å²) in [6.45, 7) is 1.07. The van der Waals surface area contributed by atoms with E-state index in [-0.39, 0.29) is 22.1 Å². The first-order valence-corrected chi connectivity index (χ1v) is 9.73. The second-order valence-corrected chi connectivity index (χ2v) is 7.45. The number of fused-ring (bicyclic) bond motifs is 1. The predicted molar refractivity (Wildman–Crippen MR) is 110 cm³/mol. The first-order chi connectivity index (χ1) is 14.6. The van der Waals surface area contributed by atoms with Gasteiger partial charge < -0.3 is 15.0 Å². The third kappa shape index (κ3) is 5.08. The van der Waals surface area contributed by atoms with Gasteiger partial charge in [0.1, 0.15) is 10.8 Å². The first-order valence-electron chi connectivity index (χ1n) is 9.35. The number of halogens is 4. The van der Waals surface area contributed by atoms with E-state index in [2.05, 4.69) is 15.4 Å². The van der Waals surface area contributed by atoms with Crippen LogP contribution in [0.3, 0.4) is 0 Å². The van der Waals surface area contributed by atoms with Crippen LogP contribution in [-0.2, 0) is 6.18 Å². The molecule has 7 nitrogen and oxygen atoms in total. The summed E-state index contributed by atoms with van der Waals surface area (Å²) in [6.07, 6.45) is -4.08. The van der Waals surface area contributed by atoms with Crippen molar-refractivity contribution in [3.63, 3.8) is 0 Å². The fourth-order valence-corrected chi connectivity index (χ4v) is 3.20. The molecule has 0 saturated carbocycles. The van der Waals surface area contributed by atoms with Gasteiger partial charge in [0, 0.05) is 12.1 Å². The minimum atomic E-state index is -4.75. The number of rotatable bonds is 7. The van der Waals surface area contributed by atoms with Crippen molar-refractivity contribution in [2.45, 2.75) is 12.6 Å². The Hall–Kier alpha value is -2.85. The highest BCUT2D eigenvalue weighted by Gasteiger charge is 2.36. The van der Waals surface area contributed by atoms with Crippen LogP contribution in [0.25, 0.3) is 16.9 Å². The molecule has 1 N–H and O–H groups in total. The number of nitrogens with zero attached hydrogens (tertiary/aromatic N) is 4. The Kier molecular flexibility index (Phi) is 6.71. The fourth-order valence-electron chi connectivity index (χ4n) is 2.95. The van der Waals surface area contributed by atoms with Crippen LogP contribution in [-0.4, -0.2) is 59.7 Å². The van der Waals surface area contributed by atoms with Gasteiger partial charge in [0.15, 0.2) is 17.0 Å². The third-order valence-electron chi connectivity index (χ3n) is 4.47. The summed E-state index contributed by atoms with van der Waals surface area (Å²) in [4.78, 5) is 18.7. The number of carbonyl (C=O) groups is 1. The zero-order valence-electron chi connectivity index (χ0n) is 17.1. The number of aromatic nitrogens is 3. The van der Waals surface area contributed by atoms with Crippen LogP contribution in [0, 0.1) is 0 Å². The Morgan fingerprint density at radius 1 is 1.29 bits per heavy atom. The standard InChI is InChI=1S/C20H21ClF3N5O2/c1-28(2)9-5-8-25-19(30)17-16(21)18-26-14(12-6-4-7-13(10-12)31-3)11-15(20(22,23)24)29(18)27-17/h4,6-7,10-11H,5,8-9H2,1-3H3,(H,25,30). The molecule has 0 bridgehead atoms. The molecule has 0 aliphatic carbocycles. The minimum absolute atomic E-state index is 0.0264. The topological polar surface area (TPSA) is 71.8 Å². The Bertz CT molecular complexity index is 1100. The van der Waals surface area contributed by atoms with Crippen molar-refractivity contribution in [3.8, 4) is 17.0 Å². The first kappa shape index (κ1) is 22.8. The molecular formula is C20H21ClF3N5O2. The average molecular weight is 456 g/mol. The summed E-state index contributed by atoms with van der Waals surface area (Å²) in [5, 5.41) is 6.19. The van der Waals surface area contributed by atoms with Gasteiger partial charge >= 0.3 is 6.18 Å². The number of hydrogen-bond donors (Lipinski definition) is 1. The lowest BCUT2D eigenvalue weighted by Crippen LogP contribution is -2.27. The van der Waals surface area contributed by atoms with E-state index in [1.807, 2.05) is 19.0 Å². The smallest absolute Gasteiger partial charge is 0.433 e. The highest BCUT2D eigenvalue weighted by atomic mass is 35.5. The SMILES string of the molecule is COc1cccc(-c2cc(C(F)(F)F)n3nc(C(=O)NCCCN(C)C)c(Cl)c3n2)c1. The molecule has 1 amide bonds. The van der Waals surface area contributed by atoms with E-state index in [9.17, 15) is 18.0 Å². The molecule has 0 aliphatic rings. The van der Waals surface area contributed by atoms with Crippen LogP contribution in [0.1, 0.15) is 22.6 Å². The maximum atomic E-state index is 13.8. The van der Waals surface area contributed by atoms with Crippen molar-refractivity contribution in [1.82, 2.24) is 24.8 Å². The summed E-state index contributed by atoms with van der Waals surface area (Å²) in [7, 11) is 5.24. The molecule has 0 aliphatic heterocycles. The number of nitrogens with one attached hydrogen (secondary N) is 1. The average Bonchev–Trinajstić information content (AvgIpc) is 3.06. The molecule has 0 fully saturated rings. The van der Waals surface area contributed by atoms with Gasteiger partial charge in [-0.1, -0.05) is 23.7 Å². The molecule has 0 radical (unpaired) electrons. The number of benzene rings is 1. The normalized spacial score (nSPS) is 11.9. The number of methoxy groups -OCH3 is 1. The summed E-state index contributed by atoms with van der Waals surface area (Å²) in [5.41, 5.74) is -1.23. The van der Waals surface area contributed by atoms with Crippen molar-refractivity contribution in [3.05, 3.63) is 46.7 Å². The summed E-state index contributed by atoms with van der Waals surface area (Å²) < 4.78 is 47.0. The molecule has 2 aromatic heterocycles. The zero-order valence-corrected chi connectivity index (χ0v) is 17.9. The quantitative estimate of drug-likeness (QED) is 0.549. The lowest BCUT2D eigenvalue weighted by molar-refractivity contribution is -0.142. The fraction of sp³-hybridized carbons (Fsp3) is 0.350. The van der Waals surface area contributed by atoms with E-state index in [1.54, 1.807) is 24.3 Å². The van der Waals surface area contributed by atoms with Gasteiger partial charge in [0.25, 0.3) is 5.91 Å². The lowest BCUT2D eigenvalue weighted by Gasteiger charge is -2.11. The van der Waals surface area contributed by atoms with Crippen LogP contribution in [0.15, 0.2) is 30.3 Å². The van der Waals surface area contributed by atoms with Gasteiger partial charge in [0.05, 0.1) is 12.8 Å². The molecule has 0 saturated heterocycles. The van der Waals surface area contributed by atoms with E-state index in [0.29, 0.717) is 28.8 Å². The van der Waals surface area contributed by atoms with E-state index in [0.717, 1.165) is 12.6 Å². The van der Waals surface area contributed by atoms with Crippen molar-refractivity contribution in [2.75, 3.05) is 34.3 Å². The minimum Gasteiger partial charge on any atom is -0.497 e. The lowest BCUT2D eigenvalue weighted by atomic mass is 10.1. The second kappa shape index (κ2) is 9.11. The molecule has 166 valence electrons. The van der Waals surface area contributed by atoms with Gasteiger partial charge in [-0.15, -0.1) is 0 Å². The van der Waals surface area contributed by atoms with E-state index < -0.39 is 17.8 Å². The molecule has 31 heavy (non-hydrogen) atoms. The third-order valence-corrected chi connectivity index (χ3v) is 4.82. The number of carbonyl (C=O) groups excluding carboxylic acids is 1. The zero-order chi connectivity index (χ0) is 22.8. The number of ether oxygens (including phenoxy) is 1. The largest absolute Gasteiger partial charge is 0.497 e. The summed E-state index contributed by atoms with van der Waals surface area (Å²) in [6, 6.07) is 7.32. The van der Waals surface area contributed by atoms with Crippen LogP contribution < -0.4 is 10.1 Å². The van der Waals surface area contributed by atoms with Crippen LogP contribution in [0.5, 0.6) is 5.75 Å². The molecule has 0 atom stereocenters. The Morgan fingerprint density at radius 3 is 2.68 bits per heavy atom. The van der Waals surface area contributed by atoms with Crippen molar-refractivity contribution >= 4 is 23.2 Å².